The van der Waals surface area contributed by atoms with Gasteiger partial charge in [-0.25, -0.2) is 0 Å². The summed E-state index contributed by atoms with van der Waals surface area (Å²) in [7, 11) is 1.61. The Morgan fingerprint density at radius 1 is 0.929 bits per heavy atom. The second-order valence-corrected chi connectivity index (χ2v) is 6.51. The van der Waals surface area contributed by atoms with Gasteiger partial charge >= 0.3 is 0 Å². The van der Waals surface area contributed by atoms with E-state index < -0.39 is 0 Å². The van der Waals surface area contributed by atoms with Gasteiger partial charge in [-0.05, 0) is 54.1 Å². The molecule has 0 saturated heterocycles. The average Bonchev–Trinajstić information content (AvgIpc) is 2.73. The molecule has 0 aliphatic rings. The lowest BCUT2D eigenvalue weighted by molar-refractivity contribution is -0.114. The molecule has 6 heteroatoms. The first-order chi connectivity index (χ1) is 13.6. The van der Waals surface area contributed by atoms with Crippen molar-refractivity contribution in [1.82, 2.24) is 0 Å². The number of carbonyl (C=O) groups excluding carboxylic acids is 1. The van der Waals surface area contributed by atoms with Gasteiger partial charge < -0.3 is 20.1 Å². The highest BCUT2D eigenvalue weighted by atomic mass is 35.5. The van der Waals surface area contributed by atoms with Gasteiger partial charge in [0.1, 0.15) is 18.1 Å². The maximum absolute atomic E-state index is 12.1. The molecule has 0 spiro atoms. The number of amides is 1. The minimum atomic E-state index is -0.141. The standard InChI is InChI=1S/C22H21ClN2O3/c1-27-21-4-2-3-19(13-21)24-14-22(26)25-18-9-11-20(12-10-18)28-15-16-5-7-17(23)8-6-16/h2-13,24H,14-15H2,1H3,(H,25,26). The summed E-state index contributed by atoms with van der Waals surface area (Å²) in [5.41, 5.74) is 2.56. The third-order valence-corrected chi connectivity index (χ3v) is 4.23. The van der Waals surface area contributed by atoms with Crippen LogP contribution >= 0.6 is 11.6 Å². The van der Waals surface area contributed by atoms with Gasteiger partial charge in [-0.15, -0.1) is 0 Å². The molecule has 0 unspecified atom stereocenters. The third-order valence-electron chi connectivity index (χ3n) is 3.98. The van der Waals surface area contributed by atoms with Gasteiger partial charge in [0.25, 0.3) is 0 Å². The fraction of sp³-hybridized carbons (Fsp3) is 0.136. The van der Waals surface area contributed by atoms with Crippen LogP contribution in [0.2, 0.25) is 5.02 Å². The summed E-state index contributed by atoms with van der Waals surface area (Å²) in [5, 5.41) is 6.61. The zero-order valence-electron chi connectivity index (χ0n) is 15.4. The van der Waals surface area contributed by atoms with Gasteiger partial charge in [-0.2, -0.15) is 0 Å². The Kier molecular flexibility index (Phi) is 6.76. The Balaban J connectivity index is 1.46. The minimum absolute atomic E-state index is 0.141. The molecule has 0 atom stereocenters. The van der Waals surface area contributed by atoms with Crippen LogP contribution in [0.25, 0.3) is 0 Å². The number of hydrogen-bond donors (Lipinski definition) is 2. The first kappa shape index (κ1) is 19.6. The SMILES string of the molecule is COc1cccc(NCC(=O)Nc2ccc(OCc3ccc(Cl)cc3)cc2)c1. The van der Waals surface area contributed by atoms with E-state index in [1.807, 2.05) is 60.7 Å². The van der Waals surface area contributed by atoms with Crippen LogP contribution in [0, 0.1) is 0 Å². The van der Waals surface area contributed by atoms with Crippen molar-refractivity contribution >= 4 is 28.9 Å². The van der Waals surface area contributed by atoms with E-state index in [2.05, 4.69) is 10.6 Å². The molecule has 0 heterocycles. The summed E-state index contributed by atoms with van der Waals surface area (Å²) < 4.78 is 10.9. The number of rotatable bonds is 8. The van der Waals surface area contributed by atoms with Crippen molar-refractivity contribution in [3.63, 3.8) is 0 Å². The minimum Gasteiger partial charge on any atom is -0.497 e. The molecule has 0 aliphatic heterocycles. The zero-order valence-corrected chi connectivity index (χ0v) is 16.2. The van der Waals surface area contributed by atoms with Gasteiger partial charge in [-0.3, -0.25) is 4.79 Å². The van der Waals surface area contributed by atoms with Crippen molar-refractivity contribution in [3.8, 4) is 11.5 Å². The summed E-state index contributed by atoms with van der Waals surface area (Å²) in [6.07, 6.45) is 0. The monoisotopic (exact) mass is 396 g/mol. The fourth-order valence-corrected chi connectivity index (χ4v) is 2.63. The number of methoxy groups -OCH3 is 1. The number of nitrogens with one attached hydrogen (secondary N) is 2. The molecule has 5 nitrogen and oxygen atoms in total. The molecule has 0 aromatic heterocycles. The Morgan fingerprint density at radius 2 is 1.68 bits per heavy atom. The number of hydrogen-bond acceptors (Lipinski definition) is 4. The molecule has 1 amide bonds. The Bertz CT molecular complexity index is 912. The van der Waals surface area contributed by atoms with Gasteiger partial charge in [0.05, 0.1) is 13.7 Å². The molecule has 3 aromatic rings. The van der Waals surface area contributed by atoms with E-state index in [-0.39, 0.29) is 12.5 Å². The topological polar surface area (TPSA) is 59.6 Å². The molecule has 2 N–H and O–H groups in total. The number of carbonyl (C=O) groups is 1. The lowest BCUT2D eigenvalue weighted by Gasteiger charge is -2.10. The molecule has 0 aliphatic carbocycles. The van der Waals surface area contributed by atoms with E-state index in [4.69, 9.17) is 21.1 Å². The van der Waals surface area contributed by atoms with Crippen molar-refractivity contribution in [1.29, 1.82) is 0 Å². The van der Waals surface area contributed by atoms with Crippen molar-refractivity contribution in [2.45, 2.75) is 6.61 Å². The number of benzene rings is 3. The highest BCUT2D eigenvalue weighted by molar-refractivity contribution is 6.30. The maximum atomic E-state index is 12.1. The third kappa shape index (κ3) is 5.93. The summed E-state index contributed by atoms with van der Waals surface area (Å²) in [6.45, 7) is 0.606. The van der Waals surface area contributed by atoms with Gasteiger partial charge in [-0.1, -0.05) is 29.8 Å². The largest absolute Gasteiger partial charge is 0.497 e. The highest BCUT2D eigenvalue weighted by Crippen LogP contribution is 2.19. The molecule has 0 saturated carbocycles. The summed E-state index contributed by atoms with van der Waals surface area (Å²) in [6, 6.07) is 22.2. The summed E-state index contributed by atoms with van der Waals surface area (Å²) in [4.78, 5) is 12.1. The lowest BCUT2D eigenvalue weighted by atomic mass is 10.2. The average molecular weight is 397 g/mol. The Labute approximate surface area is 169 Å². The first-order valence-electron chi connectivity index (χ1n) is 8.77. The zero-order chi connectivity index (χ0) is 19.8. The Morgan fingerprint density at radius 3 is 2.39 bits per heavy atom. The van der Waals surface area contributed by atoms with Crippen LogP contribution in [-0.4, -0.2) is 19.6 Å². The molecule has 0 fully saturated rings. The van der Waals surface area contributed by atoms with Crippen LogP contribution in [-0.2, 0) is 11.4 Å². The number of ether oxygens (including phenoxy) is 2. The molecule has 3 aromatic carbocycles. The smallest absolute Gasteiger partial charge is 0.243 e. The molecule has 144 valence electrons. The Hall–Kier alpha value is -3.18. The van der Waals surface area contributed by atoms with Gasteiger partial charge in [0.2, 0.25) is 5.91 Å². The summed E-state index contributed by atoms with van der Waals surface area (Å²) in [5.74, 6) is 1.32. The maximum Gasteiger partial charge on any atom is 0.243 e. The molecule has 0 bridgehead atoms. The van der Waals surface area contributed by atoms with Gasteiger partial charge in [0.15, 0.2) is 0 Å². The van der Waals surface area contributed by atoms with Crippen LogP contribution in [0.4, 0.5) is 11.4 Å². The normalized spacial score (nSPS) is 10.2. The molecule has 28 heavy (non-hydrogen) atoms. The molecular weight excluding hydrogens is 376 g/mol. The van der Waals surface area contributed by atoms with Crippen LogP contribution in [0.15, 0.2) is 72.8 Å². The molecular formula is C22H21ClN2O3. The van der Waals surface area contributed by atoms with Crippen LogP contribution in [0.1, 0.15) is 5.56 Å². The first-order valence-corrected chi connectivity index (χ1v) is 9.15. The van der Waals surface area contributed by atoms with E-state index in [1.54, 1.807) is 19.2 Å². The fourth-order valence-electron chi connectivity index (χ4n) is 2.50. The summed E-state index contributed by atoms with van der Waals surface area (Å²) >= 11 is 5.87. The van der Waals surface area contributed by atoms with E-state index in [0.29, 0.717) is 17.3 Å². The molecule has 0 radical (unpaired) electrons. The van der Waals surface area contributed by atoms with Crippen LogP contribution in [0.5, 0.6) is 11.5 Å². The van der Waals surface area contributed by atoms with E-state index >= 15 is 0 Å². The second kappa shape index (κ2) is 9.67. The number of halogens is 1. The van der Waals surface area contributed by atoms with E-state index in [9.17, 15) is 4.79 Å². The quantitative estimate of drug-likeness (QED) is 0.563. The highest BCUT2D eigenvalue weighted by Gasteiger charge is 2.04. The predicted molar refractivity (Wildman–Crippen MR) is 112 cm³/mol. The van der Waals surface area contributed by atoms with E-state index in [0.717, 1.165) is 22.7 Å². The van der Waals surface area contributed by atoms with E-state index in [1.165, 1.54) is 0 Å². The van der Waals surface area contributed by atoms with Crippen molar-refractivity contribution in [2.75, 3.05) is 24.3 Å². The van der Waals surface area contributed by atoms with Crippen molar-refractivity contribution in [3.05, 3.63) is 83.4 Å². The predicted octanol–water partition coefficient (Wildman–Crippen LogP) is 4.98. The van der Waals surface area contributed by atoms with Crippen molar-refractivity contribution < 1.29 is 14.3 Å². The van der Waals surface area contributed by atoms with Crippen LogP contribution < -0.4 is 20.1 Å². The molecule has 3 rings (SSSR count). The van der Waals surface area contributed by atoms with Crippen LogP contribution in [0.3, 0.4) is 0 Å². The van der Waals surface area contributed by atoms with Crippen molar-refractivity contribution in [2.24, 2.45) is 0 Å². The second-order valence-electron chi connectivity index (χ2n) is 6.07. The van der Waals surface area contributed by atoms with Gasteiger partial charge in [0, 0.05) is 22.5 Å². The number of anilines is 2. The lowest BCUT2D eigenvalue weighted by Crippen LogP contribution is -2.21.